The fourth-order valence-corrected chi connectivity index (χ4v) is 1.87. The highest BCUT2D eigenvalue weighted by Gasteiger charge is 2.17. The summed E-state index contributed by atoms with van der Waals surface area (Å²) in [7, 11) is 1.90. The van der Waals surface area contributed by atoms with E-state index in [1.54, 1.807) is 0 Å². The number of hydrogen-bond acceptors (Lipinski definition) is 5. The molecule has 2 atom stereocenters. The van der Waals surface area contributed by atoms with Crippen molar-refractivity contribution >= 4 is 11.8 Å². The molecule has 0 aliphatic heterocycles. The zero-order valence-electron chi connectivity index (χ0n) is 8.64. The lowest BCUT2D eigenvalue weighted by Gasteiger charge is -2.16. The van der Waals surface area contributed by atoms with Gasteiger partial charge in [-0.2, -0.15) is 0 Å². The Kier molecular flexibility index (Phi) is 3.91. The summed E-state index contributed by atoms with van der Waals surface area (Å²) in [6.45, 7) is 3.81. The Morgan fingerprint density at radius 3 is 2.57 bits per heavy atom. The molecule has 1 aromatic rings. The minimum atomic E-state index is -0.0676. The van der Waals surface area contributed by atoms with Crippen molar-refractivity contribution in [3.05, 3.63) is 5.82 Å². The molecule has 0 radical (unpaired) electrons. The van der Waals surface area contributed by atoms with Crippen LogP contribution in [0.25, 0.3) is 0 Å². The molecule has 0 aromatic carbocycles. The maximum atomic E-state index is 9.10. The van der Waals surface area contributed by atoms with Crippen LogP contribution < -0.4 is 5.73 Å². The molecule has 6 heteroatoms. The van der Waals surface area contributed by atoms with Crippen LogP contribution in [-0.2, 0) is 7.05 Å². The van der Waals surface area contributed by atoms with Gasteiger partial charge in [0.1, 0.15) is 5.82 Å². The van der Waals surface area contributed by atoms with Crippen LogP contribution >= 0.6 is 11.8 Å². The molecule has 1 aromatic heterocycles. The summed E-state index contributed by atoms with van der Waals surface area (Å²) < 4.78 is 1.88. The normalized spacial score (nSPS) is 15.5. The van der Waals surface area contributed by atoms with Crippen LogP contribution in [0.2, 0.25) is 0 Å². The first-order chi connectivity index (χ1) is 6.56. The highest BCUT2D eigenvalue weighted by molar-refractivity contribution is 7.99. The number of thioether (sulfide) groups is 1. The van der Waals surface area contributed by atoms with E-state index in [1.807, 2.05) is 25.5 Å². The molecule has 1 heterocycles. The van der Waals surface area contributed by atoms with Gasteiger partial charge in [0.05, 0.1) is 11.9 Å². The summed E-state index contributed by atoms with van der Waals surface area (Å²) >= 11 is 1.46. The van der Waals surface area contributed by atoms with Gasteiger partial charge in [-0.05, 0) is 13.8 Å². The van der Waals surface area contributed by atoms with E-state index in [4.69, 9.17) is 10.8 Å². The van der Waals surface area contributed by atoms with E-state index in [-0.39, 0.29) is 17.9 Å². The Labute approximate surface area is 87.7 Å². The number of rotatable bonds is 4. The van der Waals surface area contributed by atoms with Gasteiger partial charge in [-0.3, -0.25) is 0 Å². The monoisotopic (exact) mass is 216 g/mol. The molecule has 80 valence electrons. The standard InChI is InChI=1S/C8H16N4OS/c1-5(9)7(4-13)14-8-11-10-6(2)12(8)3/h5,7,13H,4,9H2,1-3H3. The average Bonchev–Trinajstić information content (AvgIpc) is 2.44. The van der Waals surface area contributed by atoms with Crippen LogP contribution in [-0.4, -0.2) is 37.8 Å². The molecule has 3 N–H and O–H groups in total. The Bertz CT molecular complexity index is 300. The van der Waals surface area contributed by atoms with E-state index < -0.39 is 0 Å². The molecule has 0 fully saturated rings. The van der Waals surface area contributed by atoms with Gasteiger partial charge in [0.15, 0.2) is 5.16 Å². The number of aryl methyl sites for hydroxylation is 1. The Balaban J connectivity index is 2.72. The molecular formula is C8H16N4OS. The van der Waals surface area contributed by atoms with Gasteiger partial charge in [0.25, 0.3) is 0 Å². The molecule has 2 unspecified atom stereocenters. The highest BCUT2D eigenvalue weighted by Crippen LogP contribution is 2.22. The molecule has 0 spiro atoms. The van der Waals surface area contributed by atoms with E-state index >= 15 is 0 Å². The Morgan fingerprint density at radius 2 is 2.21 bits per heavy atom. The average molecular weight is 216 g/mol. The molecule has 14 heavy (non-hydrogen) atoms. The minimum Gasteiger partial charge on any atom is -0.395 e. The lowest BCUT2D eigenvalue weighted by molar-refractivity contribution is 0.285. The van der Waals surface area contributed by atoms with Gasteiger partial charge >= 0.3 is 0 Å². The molecule has 0 saturated heterocycles. The molecular weight excluding hydrogens is 200 g/mol. The topological polar surface area (TPSA) is 77.0 Å². The van der Waals surface area contributed by atoms with Crippen molar-refractivity contribution < 1.29 is 5.11 Å². The van der Waals surface area contributed by atoms with Crippen LogP contribution in [0.3, 0.4) is 0 Å². The van der Waals surface area contributed by atoms with Gasteiger partial charge in [-0.15, -0.1) is 10.2 Å². The summed E-state index contributed by atoms with van der Waals surface area (Å²) in [5.41, 5.74) is 5.71. The maximum Gasteiger partial charge on any atom is 0.191 e. The van der Waals surface area contributed by atoms with Gasteiger partial charge in [-0.25, -0.2) is 0 Å². The molecule has 0 saturated carbocycles. The van der Waals surface area contributed by atoms with Crippen LogP contribution in [0.5, 0.6) is 0 Å². The van der Waals surface area contributed by atoms with Crippen LogP contribution in [0.4, 0.5) is 0 Å². The summed E-state index contributed by atoms with van der Waals surface area (Å²) in [5.74, 6) is 0.855. The molecule has 0 aliphatic carbocycles. The third-order valence-corrected chi connectivity index (χ3v) is 3.52. The second kappa shape index (κ2) is 4.77. The second-order valence-corrected chi connectivity index (χ2v) is 4.49. The molecule has 1 rings (SSSR count). The van der Waals surface area contributed by atoms with Crippen LogP contribution in [0.1, 0.15) is 12.7 Å². The maximum absolute atomic E-state index is 9.10. The lowest BCUT2D eigenvalue weighted by atomic mass is 10.3. The molecule has 5 nitrogen and oxygen atoms in total. The zero-order valence-corrected chi connectivity index (χ0v) is 9.45. The second-order valence-electron chi connectivity index (χ2n) is 3.29. The first-order valence-electron chi connectivity index (χ1n) is 4.45. The van der Waals surface area contributed by atoms with E-state index in [2.05, 4.69) is 10.2 Å². The first-order valence-corrected chi connectivity index (χ1v) is 5.33. The van der Waals surface area contributed by atoms with E-state index in [9.17, 15) is 0 Å². The van der Waals surface area contributed by atoms with E-state index in [0.29, 0.717) is 0 Å². The van der Waals surface area contributed by atoms with Gasteiger partial charge in [-0.1, -0.05) is 11.8 Å². The fraction of sp³-hybridized carbons (Fsp3) is 0.750. The van der Waals surface area contributed by atoms with Crippen LogP contribution in [0, 0.1) is 6.92 Å². The summed E-state index contributed by atoms with van der Waals surface area (Å²) in [6.07, 6.45) is 0. The fourth-order valence-electron chi connectivity index (χ4n) is 0.937. The lowest BCUT2D eigenvalue weighted by Crippen LogP contribution is -2.32. The van der Waals surface area contributed by atoms with Crippen molar-refractivity contribution in [2.45, 2.75) is 30.3 Å². The number of aliphatic hydroxyl groups excluding tert-OH is 1. The van der Waals surface area contributed by atoms with Crippen molar-refractivity contribution in [2.75, 3.05) is 6.61 Å². The molecule has 0 amide bonds. The third kappa shape index (κ3) is 2.46. The van der Waals surface area contributed by atoms with Gasteiger partial charge in [0.2, 0.25) is 0 Å². The minimum absolute atomic E-state index is 0.0303. The Morgan fingerprint density at radius 1 is 1.57 bits per heavy atom. The van der Waals surface area contributed by atoms with E-state index in [1.165, 1.54) is 11.8 Å². The van der Waals surface area contributed by atoms with Gasteiger partial charge < -0.3 is 15.4 Å². The SMILES string of the molecule is Cc1nnc(SC(CO)C(C)N)n1C. The number of nitrogens with zero attached hydrogens (tertiary/aromatic N) is 3. The largest absolute Gasteiger partial charge is 0.395 e. The van der Waals surface area contributed by atoms with Gasteiger partial charge in [0, 0.05) is 13.1 Å². The van der Waals surface area contributed by atoms with Crippen molar-refractivity contribution in [1.82, 2.24) is 14.8 Å². The predicted molar refractivity (Wildman–Crippen MR) is 56.1 cm³/mol. The predicted octanol–water partition coefficient (Wildman–Crippen LogP) is -0.0763. The summed E-state index contributed by atoms with van der Waals surface area (Å²) in [4.78, 5) is 0. The first kappa shape index (κ1) is 11.5. The quantitative estimate of drug-likeness (QED) is 0.689. The zero-order chi connectivity index (χ0) is 10.7. The van der Waals surface area contributed by atoms with Crippen LogP contribution in [0.15, 0.2) is 5.16 Å². The van der Waals surface area contributed by atoms with Crippen molar-refractivity contribution in [3.8, 4) is 0 Å². The third-order valence-electron chi connectivity index (χ3n) is 2.08. The van der Waals surface area contributed by atoms with E-state index in [0.717, 1.165) is 11.0 Å². The van der Waals surface area contributed by atoms with Crippen molar-refractivity contribution in [3.63, 3.8) is 0 Å². The Hall–Kier alpha value is -0.590. The number of aliphatic hydroxyl groups is 1. The summed E-state index contributed by atoms with van der Waals surface area (Å²) in [6, 6.07) is -0.0676. The highest BCUT2D eigenvalue weighted by atomic mass is 32.2. The smallest absolute Gasteiger partial charge is 0.191 e. The number of hydrogen-bond donors (Lipinski definition) is 2. The number of nitrogens with two attached hydrogens (primary N) is 1. The van der Waals surface area contributed by atoms with Crippen molar-refractivity contribution in [2.24, 2.45) is 12.8 Å². The summed E-state index contributed by atoms with van der Waals surface area (Å²) in [5, 5.41) is 17.8. The molecule has 0 bridgehead atoms. The van der Waals surface area contributed by atoms with Crippen molar-refractivity contribution in [1.29, 1.82) is 0 Å². The molecule has 0 aliphatic rings. The number of aromatic nitrogens is 3.